The maximum atomic E-state index is 5.62. The van der Waals surface area contributed by atoms with E-state index < -0.39 is 0 Å². The summed E-state index contributed by atoms with van der Waals surface area (Å²) >= 11 is 0. The lowest BCUT2D eigenvalue weighted by atomic mass is 9.82. The van der Waals surface area contributed by atoms with Gasteiger partial charge in [-0.25, -0.2) is 4.98 Å². The standard InChI is InChI=1S/C54H38N4/c1-54(2)43-25-14-12-24-41(43)50-44(54)26-16-28-48(50)57-47-32-30-38(37-29-31-46-42(33-37)40-23-13-15-27-45(40)56(46)39-21-10-5-11-22-39)34-49(47)58-52(36-19-8-4-9-20-36)51(55-53(57)58)35-17-6-3-7-18-35/h3-34H,1-2H3. The lowest BCUT2D eigenvalue weighted by molar-refractivity contribution is 0.660. The van der Waals surface area contributed by atoms with Gasteiger partial charge in [-0.1, -0.05) is 159 Å². The van der Waals surface area contributed by atoms with E-state index in [-0.39, 0.29) is 5.41 Å². The molecule has 0 bridgehead atoms. The van der Waals surface area contributed by atoms with Crippen LogP contribution in [0, 0.1) is 0 Å². The van der Waals surface area contributed by atoms with Crippen molar-refractivity contribution in [3.8, 4) is 56.1 Å². The Bertz CT molecular complexity index is 3400. The minimum absolute atomic E-state index is 0.129. The SMILES string of the molecule is CC1(C)c2ccccc2-c2c(-n3c4ccc(-c5ccc6c(c5)c5ccccc5n6-c5ccccc5)cc4n4c(-c5ccccc5)c(-c5ccccc5)nc34)cccc21. The van der Waals surface area contributed by atoms with Crippen LogP contribution in [0.2, 0.25) is 0 Å². The second-order valence-electron chi connectivity index (χ2n) is 16.0. The summed E-state index contributed by atoms with van der Waals surface area (Å²) in [6.45, 7) is 4.70. The molecule has 0 fully saturated rings. The maximum Gasteiger partial charge on any atom is 0.220 e. The molecule has 0 saturated carbocycles. The van der Waals surface area contributed by atoms with Gasteiger partial charge in [-0.2, -0.15) is 0 Å². The Morgan fingerprint density at radius 1 is 0.431 bits per heavy atom. The van der Waals surface area contributed by atoms with E-state index in [1.807, 2.05) is 0 Å². The summed E-state index contributed by atoms with van der Waals surface area (Å²) in [6.07, 6.45) is 0. The Morgan fingerprint density at radius 3 is 1.84 bits per heavy atom. The number of rotatable bonds is 5. The monoisotopic (exact) mass is 742 g/mol. The molecule has 58 heavy (non-hydrogen) atoms. The Morgan fingerprint density at radius 2 is 1.05 bits per heavy atom. The fourth-order valence-electron chi connectivity index (χ4n) is 9.79. The third kappa shape index (κ3) is 4.60. The van der Waals surface area contributed by atoms with Gasteiger partial charge in [-0.3, -0.25) is 8.97 Å². The highest BCUT2D eigenvalue weighted by Gasteiger charge is 2.37. The van der Waals surface area contributed by atoms with Crippen molar-refractivity contribution in [2.45, 2.75) is 19.3 Å². The average Bonchev–Trinajstić information content (AvgIpc) is 3.99. The van der Waals surface area contributed by atoms with E-state index in [1.54, 1.807) is 0 Å². The first-order chi connectivity index (χ1) is 28.6. The highest BCUT2D eigenvalue weighted by atomic mass is 15.2. The highest BCUT2D eigenvalue weighted by molar-refractivity contribution is 6.10. The summed E-state index contributed by atoms with van der Waals surface area (Å²) in [4.78, 5) is 5.62. The van der Waals surface area contributed by atoms with E-state index in [1.165, 1.54) is 49.6 Å². The van der Waals surface area contributed by atoms with Crippen LogP contribution in [0.4, 0.5) is 0 Å². The number of fused-ring (bicyclic) bond motifs is 9. The number of benzene rings is 8. The van der Waals surface area contributed by atoms with Crippen LogP contribution in [0.3, 0.4) is 0 Å². The van der Waals surface area contributed by atoms with Gasteiger partial charge in [0.15, 0.2) is 0 Å². The Balaban J connectivity index is 1.17. The minimum Gasteiger partial charge on any atom is -0.309 e. The van der Waals surface area contributed by atoms with E-state index in [4.69, 9.17) is 4.98 Å². The Labute approximate surface area is 336 Å². The molecule has 4 nitrogen and oxygen atoms in total. The molecule has 0 N–H and O–H groups in total. The predicted molar refractivity (Wildman–Crippen MR) is 240 cm³/mol. The molecule has 274 valence electrons. The topological polar surface area (TPSA) is 27.2 Å². The van der Waals surface area contributed by atoms with E-state index >= 15 is 0 Å². The third-order valence-corrected chi connectivity index (χ3v) is 12.5. The fourth-order valence-corrected chi connectivity index (χ4v) is 9.79. The molecular weight excluding hydrogens is 705 g/mol. The van der Waals surface area contributed by atoms with Gasteiger partial charge < -0.3 is 4.57 Å². The molecule has 0 amide bonds. The van der Waals surface area contributed by atoms with Crippen molar-refractivity contribution in [1.82, 2.24) is 18.5 Å². The van der Waals surface area contributed by atoms with Gasteiger partial charge in [0.25, 0.3) is 0 Å². The van der Waals surface area contributed by atoms with Crippen molar-refractivity contribution in [3.05, 3.63) is 205 Å². The van der Waals surface area contributed by atoms with Crippen molar-refractivity contribution in [2.75, 3.05) is 0 Å². The Kier molecular flexibility index (Phi) is 6.94. The second kappa shape index (κ2) is 12.3. The molecule has 0 radical (unpaired) electrons. The molecule has 0 spiro atoms. The fraction of sp³-hybridized carbons (Fsp3) is 0.0556. The van der Waals surface area contributed by atoms with Crippen LogP contribution < -0.4 is 0 Å². The number of para-hydroxylation sites is 2. The quantitative estimate of drug-likeness (QED) is 0.172. The number of imidazole rings is 2. The molecule has 1 aliphatic carbocycles. The van der Waals surface area contributed by atoms with Crippen LogP contribution >= 0.6 is 0 Å². The smallest absolute Gasteiger partial charge is 0.220 e. The molecule has 8 aromatic carbocycles. The molecule has 12 rings (SSSR count). The van der Waals surface area contributed by atoms with Crippen LogP contribution in [0.1, 0.15) is 25.0 Å². The molecule has 11 aromatic rings. The summed E-state index contributed by atoms with van der Waals surface area (Å²) in [5.41, 5.74) is 18.6. The van der Waals surface area contributed by atoms with Gasteiger partial charge in [0, 0.05) is 38.6 Å². The molecular formula is C54H38N4. The van der Waals surface area contributed by atoms with Crippen molar-refractivity contribution >= 4 is 38.6 Å². The van der Waals surface area contributed by atoms with E-state index in [0.717, 1.165) is 56.3 Å². The van der Waals surface area contributed by atoms with Crippen molar-refractivity contribution in [2.24, 2.45) is 0 Å². The summed E-state index contributed by atoms with van der Waals surface area (Å²) in [6, 6.07) is 70.4. The molecule has 0 aliphatic heterocycles. The minimum atomic E-state index is -0.129. The first-order valence-electron chi connectivity index (χ1n) is 20.1. The first kappa shape index (κ1) is 32.8. The second-order valence-corrected chi connectivity index (χ2v) is 16.0. The number of hydrogen-bond acceptors (Lipinski definition) is 1. The first-order valence-corrected chi connectivity index (χ1v) is 20.1. The average molecular weight is 743 g/mol. The maximum absolute atomic E-state index is 5.62. The van der Waals surface area contributed by atoms with Gasteiger partial charge in [0.1, 0.15) is 0 Å². The van der Waals surface area contributed by atoms with Gasteiger partial charge in [-0.05, 0) is 76.3 Å². The summed E-state index contributed by atoms with van der Waals surface area (Å²) in [5, 5.41) is 2.48. The van der Waals surface area contributed by atoms with Crippen molar-refractivity contribution in [3.63, 3.8) is 0 Å². The highest BCUT2D eigenvalue weighted by Crippen LogP contribution is 2.52. The zero-order chi connectivity index (χ0) is 38.5. The molecule has 0 atom stereocenters. The number of hydrogen-bond donors (Lipinski definition) is 0. The van der Waals surface area contributed by atoms with Gasteiger partial charge in [0.05, 0.1) is 39.1 Å². The van der Waals surface area contributed by atoms with Crippen LogP contribution in [-0.2, 0) is 5.41 Å². The molecule has 4 heteroatoms. The summed E-state index contributed by atoms with van der Waals surface area (Å²) in [5.74, 6) is 0.891. The molecule has 3 heterocycles. The van der Waals surface area contributed by atoms with Crippen LogP contribution in [0.15, 0.2) is 194 Å². The van der Waals surface area contributed by atoms with E-state index in [9.17, 15) is 0 Å². The van der Waals surface area contributed by atoms with Crippen LogP contribution in [-0.4, -0.2) is 18.5 Å². The van der Waals surface area contributed by atoms with Crippen LogP contribution in [0.25, 0.3) is 94.8 Å². The van der Waals surface area contributed by atoms with E-state index in [2.05, 4.69) is 222 Å². The molecule has 3 aromatic heterocycles. The van der Waals surface area contributed by atoms with E-state index in [0.29, 0.717) is 0 Å². The largest absolute Gasteiger partial charge is 0.309 e. The molecule has 0 saturated heterocycles. The third-order valence-electron chi connectivity index (χ3n) is 12.5. The van der Waals surface area contributed by atoms with Crippen molar-refractivity contribution in [1.29, 1.82) is 0 Å². The van der Waals surface area contributed by atoms with Crippen LogP contribution in [0.5, 0.6) is 0 Å². The number of aromatic nitrogens is 4. The molecule has 0 unspecified atom stereocenters. The number of nitrogens with zero attached hydrogens (tertiary/aromatic N) is 4. The summed E-state index contributed by atoms with van der Waals surface area (Å²) < 4.78 is 7.19. The lowest BCUT2D eigenvalue weighted by Gasteiger charge is -2.21. The zero-order valence-corrected chi connectivity index (χ0v) is 32.3. The Hall–Kier alpha value is -7.43. The molecule has 1 aliphatic rings. The van der Waals surface area contributed by atoms with Gasteiger partial charge in [0.2, 0.25) is 5.78 Å². The van der Waals surface area contributed by atoms with Gasteiger partial charge >= 0.3 is 0 Å². The van der Waals surface area contributed by atoms with Gasteiger partial charge in [-0.15, -0.1) is 0 Å². The van der Waals surface area contributed by atoms with Crippen molar-refractivity contribution < 1.29 is 0 Å². The lowest BCUT2D eigenvalue weighted by Crippen LogP contribution is -2.15. The summed E-state index contributed by atoms with van der Waals surface area (Å²) in [7, 11) is 0. The normalized spacial score (nSPS) is 13.1. The zero-order valence-electron chi connectivity index (χ0n) is 32.3. The predicted octanol–water partition coefficient (Wildman–Crippen LogP) is 13.7.